The number of benzene rings is 1. The zero-order valence-electron chi connectivity index (χ0n) is 10.4. The van der Waals surface area contributed by atoms with E-state index in [1.807, 2.05) is 0 Å². The summed E-state index contributed by atoms with van der Waals surface area (Å²) >= 11 is 3.49. The van der Waals surface area contributed by atoms with Crippen LogP contribution in [0.4, 0.5) is 0 Å². The summed E-state index contributed by atoms with van der Waals surface area (Å²) in [6.45, 7) is 2.19. The molecule has 17 heavy (non-hydrogen) atoms. The molecule has 1 heteroatoms. The lowest BCUT2D eigenvalue weighted by atomic mass is 10.1. The molecule has 0 saturated carbocycles. The quantitative estimate of drug-likeness (QED) is 0.523. The normalized spacial score (nSPS) is 10.8. The lowest BCUT2D eigenvalue weighted by Gasteiger charge is -1.96. The maximum atomic E-state index is 3.49. The zero-order valence-corrected chi connectivity index (χ0v) is 12.0. The van der Waals surface area contributed by atoms with E-state index in [1.165, 1.54) is 18.4 Å². The Balaban J connectivity index is 2.30. The molecule has 0 unspecified atom stereocenters. The number of unbranched alkanes of at least 4 members (excludes halogenated alkanes) is 2. The first-order valence-electron chi connectivity index (χ1n) is 6.21. The van der Waals surface area contributed by atoms with E-state index in [9.17, 15) is 0 Å². The molecule has 0 saturated heterocycles. The summed E-state index contributed by atoms with van der Waals surface area (Å²) in [4.78, 5) is 0. The third-order valence-electron chi connectivity index (χ3n) is 2.46. The van der Waals surface area contributed by atoms with Gasteiger partial charge in [0.25, 0.3) is 0 Å². The van der Waals surface area contributed by atoms with Crippen molar-refractivity contribution in [2.45, 2.75) is 39.0 Å². The molecule has 0 aliphatic carbocycles. The van der Waals surface area contributed by atoms with Crippen LogP contribution < -0.4 is 0 Å². The Kier molecular flexibility index (Phi) is 7.51. The first-order chi connectivity index (χ1) is 8.33. The van der Waals surface area contributed by atoms with E-state index >= 15 is 0 Å². The average molecular weight is 291 g/mol. The van der Waals surface area contributed by atoms with E-state index in [0.717, 1.165) is 23.7 Å². The Hall–Kier alpha value is -1.00. The second kappa shape index (κ2) is 9.07. The van der Waals surface area contributed by atoms with Gasteiger partial charge < -0.3 is 0 Å². The molecule has 0 radical (unpaired) electrons. The summed E-state index contributed by atoms with van der Waals surface area (Å²) in [6, 6.07) is 10.5. The Morgan fingerprint density at radius 2 is 2.06 bits per heavy atom. The van der Waals surface area contributed by atoms with E-state index < -0.39 is 0 Å². The van der Waals surface area contributed by atoms with E-state index in [1.54, 1.807) is 0 Å². The lowest BCUT2D eigenvalue weighted by molar-refractivity contribution is 0.828. The van der Waals surface area contributed by atoms with E-state index in [-0.39, 0.29) is 0 Å². The smallest absolute Gasteiger partial charge is 0.0634 e. The van der Waals surface area contributed by atoms with Gasteiger partial charge in [0.1, 0.15) is 0 Å². The van der Waals surface area contributed by atoms with Crippen molar-refractivity contribution in [3.8, 4) is 11.8 Å². The maximum Gasteiger partial charge on any atom is 0.0634 e. The molecule has 0 atom stereocenters. The fourth-order valence-corrected chi connectivity index (χ4v) is 1.84. The minimum absolute atomic E-state index is 0.998. The van der Waals surface area contributed by atoms with Crippen molar-refractivity contribution in [1.82, 2.24) is 0 Å². The third-order valence-corrected chi connectivity index (χ3v) is 2.98. The topological polar surface area (TPSA) is 0 Å². The summed E-state index contributed by atoms with van der Waals surface area (Å²) in [7, 11) is 0. The SMILES string of the molecule is CCCCC#C/C(Br)=C/CCc1ccccc1. The second-order valence-electron chi connectivity index (χ2n) is 3.98. The predicted octanol–water partition coefficient (Wildman–Crippen LogP) is 5.09. The van der Waals surface area contributed by atoms with Crippen molar-refractivity contribution in [3.05, 3.63) is 46.5 Å². The molecule has 0 aromatic heterocycles. The molecule has 0 N–H and O–H groups in total. The van der Waals surface area contributed by atoms with Crippen LogP contribution in [-0.4, -0.2) is 0 Å². The van der Waals surface area contributed by atoms with Crippen molar-refractivity contribution in [1.29, 1.82) is 0 Å². The lowest BCUT2D eigenvalue weighted by Crippen LogP contribution is -1.81. The van der Waals surface area contributed by atoms with Gasteiger partial charge in [-0.05, 0) is 40.8 Å². The van der Waals surface area contributed by atoms with Crippen molar-refractivity contribution in [2.24, 2.45) is 0 Å². The Morgan fingerprint density at radius 1 is 1.29 bits per heavy atom. The van der Waals surface area contributed by atoms with Crippen molar-refractivity contribution >= 4 is 15.9 Å². The summed E-state index contributed by atoms with van der Waals surface area (Å²) in [5.74, 6) is 6.30. The Bertz CT molecular complexity index is 393. The summed E-state index contributed by atoms with van der Waals surface area (Å²) in [5.41, 5.74) is 1.38. The first kappa shape index (κ1) is 14.1. The molecule has 0 fully saturated rings. The molecule has 0 heterocycles. The van der Waals surface area contributed by atoms with Gasteiger partial charge in [-0.25, -0.2) is 0 Å². The van der Waals surface area contributed by atoms with Gasteiger partial charge in [0.2, 0.25) is 0 Å². The molecule has 1 aromatic carbocycles. The van der Waals surface area contributed by atoms with Crippen LogP contribution in [0.3, 0.4) is 0 Å². The van der Waals surface area contributed by atoms with Crippen molar-refractivity contribution < 1.29 is 0 Å². The first-order valence-corrected chi connectivity index (χ1v) is 7.00. The summed E-state index contributed by atoms with van der Waals surface area (Å²) in [6.07, 6.45) is 7.67. The number of halogens is 1. The van der Waals surface area contributed by atoms with Crippen LogP contribution in [0.5, 0.6) is 0 Å². The monoisotopic (exact) mass is 290 g/mol. The van der Waals surface area contributed by atoms with Gasteiger partial charge in [0.15, 0.2) is 0 Å². The second-order valence-corrected chi connectivity index (χ2v) is 4.84. The van der Waals surface area contributed by atoms with Crippen LogP contribution >= 0.6 is 15.9 Å². The number of aryl methyl sites for hydroxylation is 1. The maximum absolute atomic E-state index is 3.49. The van der Waals surface area contributed by atoms with Gasteiger partial charge in [0.05, 0.1) is 4.48 Å². The molecule has 0 aliphatic rings. The van der Waals surface area contributed by atoms with Crippen molar-refractivity contribution in [3.63, 3.8) is 0 Å². The van der Waals surface area contributed by atoms with Crippen LogP contribution in [0.2, 0.25) is 0 Å². The van der Waals surface area contributed by atoms with Gasteiger partial charge >= 0.3 is 0 Å². The van der Waals surface area contributed by atoms with Crippen LogP contribution in [0.25, 0.3) is 0 Å². The van der Waals surface area contributed by atoms with Gasteiger partial charge in [-0.1, -0.05) is 61.6 Å². The zero-order chi connectivity index (χ0) is 12.3. The molecular formula is C16H19Br. The molecule has 0 spiro atoms. The molecule has 0 nitrogen and oxygen atoms in total. The van der Waals surface area contributed by atoms with E-state index in [2.05, 4.69) is 71.1 Å². The molecule has 1 rings (SSSR count). The Labute approximate surface area is 113 Å². The van der Waals surface area contributed by atoms with Crippen LogP contribution in [0.15, 0.2) is 40.9 Å². The minimum atomic E-state index is 0.998. The number of allylic oxidation sites excluding steroid dienone is 2. The summed E-state index contributed by atoms with van der Waals surface area (Å²) in [5, 5.41) is 0. The highest BCUT2D eigenvalue weighted by Gasteiger charge is 1.90. The molecule has 1 aromatic rings. The minimum Gasteiger partial charge on any atom is -0.0974 e. The fraction of sp³-hybridized carbons (Fsp3) is 0.375. The standard InChI is InChI=1S/C16H19Br/c1-2-3-4-8-13-16(17)14-9-12-15-10-6-5-7-11-15/h5-7,10-11,14H,2-4,9,12H2,1H3/b16-14-. The van der Waals surface area contributed by atoms with E-state index in [4.69, 9.17) is 0 Å². The third kappa shape index (κ3) is 7.02. The van der Waals surface area contributed by atoms with Gasteiger partial charge in [-0.15, -0.1) is 0 Å². The van der Waals surface area contributed by atoms with Crippen LogP contribution in [-0.2, 0) is 6.42 Å². The Morgan fingerprint density at radius 3 is 2.76 bits per heavy atom. The van der Waals surface area contributed by atoms with Crippen LogP contribution in [0, 0.1) is 11.8 Å². The van der Waals surface area contributed by atoms with Gasteiger partial charge in [-0.2, -0.15) is 0 Å². The fourth-order valence-electron chi connectivity index (χ4n) is 1.47. The number of hydrogen-bond donors (Lipinski definition) is 0. The highest BCUT2D eigenvalue weighted by molar-refractivity contribution is 9.12. The predicted molar refractivity (Wildman–Crippen MR) is 79.1 cm³/mol. The van der Waals surface area contributed by atoms with E-state index in [0.29, 0.717) is 0 Å². The number of hydrogen-bond acceptors (Lipinski definition) is 0. The van der Waals surface area contributed by atoms with Crippen molar-refractivity contribution in [2.75, 3.05) is 0 Å². The summed E-state index contributed by atoms with van der Waals surface area (Å²) < 4.78 is 1.02. The largest absolute Gasteiger partial charge is 0.0974 e. The molecule has 0 amide bonds. The molecule has 0 aliphatic heterocycles. The highest BCUT2D eigenvalue weighted by atomic mass is 79.9. The molecule has 90 valence electrons. The molecule has 0 bridgehead atoms. The average Bonchev–Trinajstić information content (AvgIpc) is 2.36. The van der Waals surface area contributed by atoms with Gasteiger partial charge in [-0.3, -0.25) is 0 Å². The van der Waals surface area contributed by atoms with Crippen LogP contribution in [0.1, 0.15) is 38.2 Å². The molecular weight excluding hydrogens is 272 g/mol. The van der Waals surface area contributed by atoms with Gasteiger partial charge in [0, 0.05) is 6.42 Å². The highest BCUT2D eigenvalue weighted by Crippen LogP contribution is 2.08. The number of rotatable bonds is 5.